The van der Waals surface area contributed by atoms with Gasteiger partial charge in [0.1, 0.15) is 0 Å². The van der Waals surface area contributed by atoms with Crippen molar-refractivity contribution < 1.29 is 9.72 Å². The molecule has 0 saturated heterocycles. The van der Waals surface area contributed by atoms with Gasteiger partial charge in [-0.05, 0) is 30.2 Å². The van der Waals surface area contributed by atoms with Gasteiger partial charge in [-0.1, -0.05) is 42.4 Å². The maximum absolute atomic E-state index is 12.1. The zero-order valence-electron chi connectivity index (χ0n) is 13.2. The first kappa shape index (κ1) is 18.8. The minimum Gasteiger partial charge on any atom is -0.370 e. The normalized spacial score (nSPS) is 10.3. The average Bonchev–Trinajstić information content (AvgIpc) is 2.55. The lowest BCUT2D eigenvalue weighted by Crippen LogP contribution is -2.24. The molecule has 7 nitrogen and oxygen atoms in total. The van der Waals surface area contributed by atoms with Crippen molar-refractivity contribution in [1.82, 2.24) is 0 Å². The molecule has 0 aliphatic carbocycles. The largest absolute Gasteiger partial charge is 0.370 e. The summed E-state index contributed by atoms with van der Waals surface area (Å²) in [5.41, 5.74) is 10.9. The average molecular weight is 379 g/mol. The van der Waals surface area contributed by atoms with Gasteiger partial charge >= 0.3 is 0 Å². The molecule has 130 valence electrons. The van der Waals surface area contributed by atoms with Gasteiger partial charge in [-0.2, -0.15) is 4.99 Å². The van der Waals surface area contributed by atoms with E-state index in [9.17, 15) is 14.9 Å². The number of hydrogen-bond acceptors (Lipinski definition) is 4. The molecular formula is C16H15ClN4O3S. The van der Waals surface area contributed by atoms with Gasteiger partial charge in [-0.25, -0.2) is 0 Å². The number of guanidine groups is 1. The molecule has 0 fully saturated rings. The first-order chi connectivity index (χ1) is 11.8. The molecule has 0 saturated carbocycles. The SMILES string of the molecule is CCc1cc(Sc2ccccc2Cl)c([N+](=O)[O-])cc1C(=O)N=C(N)N. The van der Waals surface area contributed by atoms with Crippen molar-refractivity contribution in [2.75, 3.05) is 0 Å². The summed E-state index contributed by atoms with van der Waals surface area (Å²) in [6.07, 6.45) is 0.481. The molecule has 2 rings (SSSR count). The smallest absolute Gasteiger partial charge is 0.284 e. The maximum atomic E-state index is 12.1. The van der Waals surface area contributed by atoms with Crippen molar-refractivity contribution in [3.8, 4) is 0 Å². The van der Waals surface area contributed by atoms with E-state index in [0.717, 1.165) is 11.8 Å². The van der Waals surface area contributed by atoms with Crippen molar-refractivity contribution in [2.24, 2.45) is 16.5 Å². The molecular weight excluding hydrogens is 364 g/mol. The number of rotatable bonds is 5. The molecule has 0 atom stereocenters. The van der Waals surface area contributed by atoms with E-state index in [-0.39, 0.29) is 11.3 Å². The molecule has 1 amide bonds. The quantitative estimate of drug-likeness (QED) is 0.355. The van der Waals surface area contributed by atoms with Crippen LogP contribution in [0.4, 0.5) is 5.69 Å². The number of amides is 1. The number of nitro benzene ring substituents is 1. The van der Waals surface area contributed by atoms with Crippen LogP contribution < -0.4 is 11.5 Å². The van der Waals surface area contributed by atoms with Crippen molar-refractivity contribution in [2.45, 2.75) is 23.1 Å². The van der Waals surface area contributed by atoms with Gasteiger partial charge in [0, 0.05) is 11.0 Å². The summed E-state index contributed by atoms with van der Waals surface area (Å²) in [5.74, 6) is -1.11. The Kier molecular flexibility index (Phi) is 6.00. The number of nitrogens with two attached hydrogens (primary N) is 2. The van der Waals surface area contributed by atoms with Crippen LogP contribution in [0.1, 0.15) is 22.8 Å². The van der Waals surface area contributed by atoms with Gasteiger partial charge < -0.3 is 11.5 Å². The number of nitrogens with zero attached hydrogens (tertiary/aromatic N) is 2. The highest BCUT2D eigenvalue weighted by Gasteiger charge is 2.22. The highest BCUT2D eigenvalue weighted by atomic mass is 35.5. The molecule has 0 heterocycles. The Balaban J connectivity index is 2.57. The van der Waals surface area contributed by atoms with E-state index in [1.807, 2.05) is 6.92 Å². The Morgan fingerprint density at radius 3 is 2.52 bits per heavy atom. The predicted molar refractivity (Wildman–Crippen MR) is 98.2 cm³/mol. The highest BCUT2D eigenvalue weighted by molar-refractivity contribution is 7.99. The third-order valence-corrected chi connectivity index (χ3v) is 4.84. The molecule has 0 aliphatic heterocycles. The summed E-state index contributed by atoms with van der Waals surface area (Å²) in [7, 11) is 0. The van der Waals surface area contributed by atoms with Gasteiger partial charge in [-0.15, -0.1) is 0 Å². The van der Waals surface area contributed by atoms with E-state index < -0.39 is 16.8 Å². The molecule has 25 heavy (non-hydrogen) atoms. The first-order valence-electron chi connectivity index (χ1n) is 7.21. The number of halogens is 1. The van der Waals surface area contributed by atoms with Crippen LogP contribution in [-0.2, 0) is 6.42 Å². The van der Waals surface area contributed by atoms with Crippen LogP contribution in [0.3, 0.4) is 0 Å². The van der Waals surface area contributed by atoms with E-state index in [0.29, 0.717) is 26.8 Å². The number of aliphatic imine (C=N–C) groups is 1. The lowest BCUT2D eigenvalue weighted by Gasteiger charge is -2.10. The zero-order valence-corrected chi connectivity index (χ0v) is 14.8. The fourth-order valence-electron chi connectivity index (χ4n) is 2.15. The van der Waals surface area contributed by atoms with Crippen LogP contribution in [0.25, 0.3) is 0 Å². The monoisotopic (exact) mass is 378 g/mol. The molecule has 0 radical (unpaired) electrons. The molecule has 9 heteroatoms. The zero-order chi connectivity index (χ0) is 18.6. The van der Waals surface area contributed by atoms with Crippen LogP contribution in [-0.4, -0.2) is 16.8 Å². The molecule has 2 aromatic carbocycles. The third-order valence-electron chi connectivity index (χ3n) is 3.28. The van der Waals surface area contributed by atoms with Crippen LogP contribution in [0.5, 0.6) is 0 Å². The Morgan fingerprint density at radius 2 is 1.96 bits per heavy atom. The lowest BCUT2D eigenvalue weighted by atomic mass is 10.0. The van der Waals surface area contributed by atoms with E-state index in [1.165, 1.54) is 6.07 Å². The van der Waals surface area contributed by atoms with Crippen LogP contribution in [0.15, 0.2) is 51.2 Å². The van der Waals surface area contributed by atoms with E-state index in [2.05, 4.69) is 4.99 Å². The molecule has 0 bridgehead atoms. The third kappa shape index (κ3) is 4.49. The van der Waals surface area contributed by atoms with Crippen LogP contribution in [0.2, 0.25) is 5.02 Å². The standard InChI is InChI=1S/C16H15ClN4O3S/c1-2-9-7-14(25-13-6-4-3-5-11(13)17)12(21(23)24)8-10(9)15(22)20-16(18)19/h3-8H,2H2,1H3,(H4,18,19,20,22). The topological polar surface area (TPSA) is 125 Å². The summed E-state index contributed by atoms with van der Waals surface area (Å²) in [6, 6.07) is 9.83. The number of carbonyl (C=O) groups excluding carboxylic acids is 1. The van der Waals surface area contributed by atoms with Gasteiger partial charge in [0.15, 0.2) is 5.96 Å². The van der Waals surface area contributed by atoms with E-state index >= 15 is 0 Å². The Labute approximate surface area is 153 Å². The van der Waals surface area contributed by atoms with Crippen molar-refractivity contribution >= 4 is 40.9 Å². The van der Waals surface area contributed by atoms with Crippen molar-refractivity contribution in [1.29, 1.82) is 0 Å². The molecule has 4 N–H and O–H groups in total. The molecule has 2 aromatic rings. The second-order valence-corrected chi connectivity index (χ2v) is 6.45. The summed E-state index contributed by atoms with van der Waals surface area (Å²) in [6.45, 7) is 1.83. The second kappa shape index (κ2) is 8.00. The lowest BCUT2D eigenvalue weighted by molar-refractivity contribution is -0.387. The Morgan fingerprint density at radius 1 is 1.28 bits per heavy atom. The van der Waals surface area contributed by atoms with Crippen molar-refractivity contribution in [3.63, 3.8) is 0 Å². The van der Waals surface area contributed by atoms with Crippen LogP contribution in [0, 0.1) is 10.1 Å². The molecule has 0 unspecified atom stereocenters. The fourth-order valence-corrected chi connectivity index (χ4v) is 3.39. The summed E-state index contributed by atoms with van der Waals surface area (Å²) < 4.78 is 0. The molecule has 0 aliphatic rings. The van der Waals surface area contributed by atoms with Gasteiger partial charge in [-0.3, -0.25) is 14.9 Å². The highest BCUT2D eigenvalue weighted by Crippen LogP contribution is 2.39. The first-order valence-corrected chi connectivity index (χ1v) is 8.40. The number of aryl methyl sites for hydroxylation is 1. The van der Waals surface area contributed by atoms with Gasteiger partial charge in [0.05, 0.1) is 20.4 Å². The van der Waals surface area contributed by atoms with Gasteiger partial charge in [0.25, 0.3) is 11.6 Å². The number of nitro groups is 1. The van der Waals surface area contributed by atoms with Gasteiger partial charge in [0.2, 0.25) is 0 Å². The Bertz CT molecular complexity index is 866. The predicted octanol–water partition coefficient (Wildman–Crippen LogP) is 3.38. The number of hydrogen-bond donors (Lipinski definition) is 2. The number of benzene rings is 2. The fraction of sp³-hybridized carbons (Fsp3) is 0.125. The summed E-state index contributed by atoms with van der Waals surface area (Å²) >= 11 is 7.29. The minimum atomic E-state index is -0.714. The summed E-state index contributed by atoms with van der Waals surface area (Å²) in [5, 5.41) is 11.9. The molecule has 0 aromatic heterocycles. The Hall–Kier alpha value is -2.58. The van der Waals surface area contributed by atoms with Crippen molar-refractivity contribution in [3.05, 3.63) is 62.7 Å². The second-order valence-electron chi connectivity index (χ2n) is 4.96. The maximum Gasteiger partial charge on any atom is 0.284 e. The minimum absolute atomic E-state index is 0.103. The number of carbonyl (C=O) groups is 1. The molecule has 0 spiro atoms. The summed E-state index contributed by atoms with van der Waals surface area (Å²) in [4.78, 5) is 27.6. The van der Waals surface area contributed by atoms with Crippen LogP contribution >= 0.6 is 23.4 Å². The van der Waals surface area contributed by atoms with E-state index in [1.54, 1.807) is 30.3 Å². The van der Waals surface area contributed by atoms with E-state index in [4.69, 9.17) is 23.1 Å².